The maximum Gasteiger partial charge on any atom is 0.260 e. The smallest absolute Gasteiger partial charge is 0.260 e. The van der Waals surface area contributed by atoms with E-state index in [2.05, 4.69) is 44.8 Å². The lowest BCUT2D eigenvalue weighted by Crippen LogP contribution is -2.30. The van der Waals surface area contributed by atoms with Crippen molar-refractivity contribution in [2.75, 3.05) is 4.90 Å². The Kier molecular flexibility index (Phi) is 6.39. The van der Waals surface area contributed by atoms with Gasteiger partial charge >= 0.3 is 0 Å². The Labute approximate surface area is 191 Å². The molecule has 0 aliphatic heterocycles. The fourth-order valence-corrected chi connectivity index (χ4v) is 5.45. The fourth-order valence-electron chi connectivity index (χ4n) is 3.48. The van der Waals surface area contributed by atoms with Crippen LogP contribution in [0.3, 0.4) is 0 Å². The molecule has 4 nitrogen and oxygen atoms in total. The van der Waals surface area contributed by atoms with Crippen molar-refractivity contribution in [1.29, 1.82) is 0 Å². The number of carbonyl (C=O) groups is 1. The third-order valence-electron chi connectivity index (χ3n) is 4.86. The normalized spacial score (nSPS) is 11.3. The van der Waals surface area contributed by atoms with Gasteiger partial charge in [0.1, 0.15) is 0 Å². The first-order valence-corrected chi connectivity index (χ1v) is 12.0. The van der Waals surface area contributed by atoms with Crippen molar-refractivity contribution in [2.45, 2.75) is 44.4 Å². The molecular weight excluding hydrogens is 422 g/mol. The lowest BCUT2D eigenvalue weighted by molar-refractivity contribution is 0.0985. The molecule has 4 rings (SSSR count). The largest absolute Gasteiger partial charge is 0.279 e. The molecule has 0 saturated carbocycles. The SMILES string of the molecule is Cc1cc(C)c2nc(N(Cc3ccncc3)C(=O)c3ccc(SC(C)C)cc3)sc2c1. The fraction of sp³-hybridized carbons (Fsp3) is 0.240. The van der Waals surface area contributed by atoms with Gasteiger partial charge in [-0.25, -0.2) is 4.98 Å². The number of hydrogen-bond donors (Lipinski definition) is 0. The third kappa shape index (κ3) is 4.97. The number of pyridine rings is 1. The number of rotatable bonds is 6. The molecule has 2 aromatic heterocycles. The van der Waals surface area contributed by atoms with Gasteiger partial charge in [0.2, 0.25) is 0 Å². The van der Waals surface area contributed by atoms with Crippen LogP contribution in [0.25, 0.3) is 10.2 Å². The molecule has 2 aromatic carbocycles. The highest BCUT2D eigenvalue weighted by Crippen LogP contribution is 2.33. The summed E-state index contributed by atoms with van der Waals surface area (Å²) in [6, 6.07) is 16.0. The maximum absolute atomic E-state index is 13.6. The number of fused-ring (bicyclic) bond motifs is 1. The molecule has 0 atom stereocenters. The predicted octanol–water partition coefficient (Wildman–Crippen LogP) is 6.66. The van der Waals surface area contributed by atoms with Crippen LogP contribution >= 0.6 is 23.1 Å². The van der Waals surface area contributed by atoms with Crippen LogP contribution in [0.2, 0.25) is 0 Å². The Morgan fingerprint density at radius 1 is 1.06 bits per heavy atom. The summed E-state index contributed by atoms with van der Waals surface area (Å²) < 4.78 is 1.10. The number of thioether (sulfide) groups is 1. The summed E-state index contributed by atoms with van der Waals surface area (Å²) in [5, 5.41) is 1.21. The highest BCUT2D eigenvalue weighted by atomic mass is 32.2. The first-order chi connectivity index (χ1) is 14.9. The second-order valence-electron chi connectivity index (χ2n) is 7.86. The first-order valence-electron chi connectivity index (χ1n) is 10.3. The highest BCUT2D eigenvalue weighted by molar-refractivity contribution is 7.99. The molecule has 0 aliphatic rings. The van der Waals surface area contributed by atoms with Crippen molar-refractivity contribution in [3.05, 3.63) is 83.2 Å². The molecule has 158 valence electrons. The van der Waals surface area contributed by atoms with Crippen LogP contribution in [-0.4, -0.2) is 21.1 Å². The second-order valence-corrected chi connectivity index (χ2v) is 10.5. The monoisotopic (exact) mass is 447 g/mol. The van der Waals surface area contributed by atoms with E-state index in [-0.39, 0.29) is 5.91 Å². The molecule has 1 amide bonds. The number of amides is 1. The van der Waals surface area contributed by atoms with Gasteiger partial charge in [-0.05, 0) is 73.0 Å². The summed E-state index contributed by atoms with van der Waals surface area (Å²) >= 11 is 3.35. The molecule has 0 radical (unpaired) electrons. The average molecular weight is 448 g/mol. The number of benzene rings is 2. The van der Waals surface area contributed by atoms with E-state index in [1.54, 1.807) is 40.4 Å². The van der Waals surface area contributed by atoms with Crippen LogP contribution in [0.4, 0.5) is 5.13 Å². The highest BCUT2D eigenvalue weighted by Gasteiger charge is 2.22. The molecular formula is C25H25N3OS2. The van der Waals surface area contributed by atoms with Gasteiger partial charge in [0.25, 0.3) is 5.91 Å². The van der Waals surface area contributed by atoms with Crippen LogP contribution in [0.1, 0.15) is 40.9 Å². The molecule has 0 fully saturated rings. The summed E-state index contributed by atoms with van der Waals surface area (Å²) in [5.74, 6) is -0.0497. The summed E-state index contributed by atoms with van der Waals surface area (Å²) in [7, 11) is 0. The molecule has 0 aliphatic carbocycles. The van der Waals surface area contributed by atoms with Crippen LogP contribution in [-0.2, 0) is 6.54 Å². The van der Waals surface area contributed by atoms with E-state index in [0.29, 0.717) is 22.5 Å². The number of hydrogen-bond acceptors (Lipinski definition) is 5. The quantitative estimate of drug-likeness (QED) is 0.310. The van der Waals surface area contributed by atoms with Crippen molar-refractivity contribution in [2.24, 2.45) is 0 Å². The number of thiazole rings is 1. The Morgan fingerprint density at radius 3 is 2.45 bits per heavy atom. The number of carbonyl (C=O) groups excluding carboxylic acids is 1. The summed E-state index contributed by atoms with van der Waals surface area (Å²) in [6.07, 6.45) is 3.50. The van der Waals surface area contributed by atoms with E-state index in [9.17, 15) is 4.79 Å². The predicted molar refractivity (Wildman–Crippen MR) is 131 cm³/mol. The summed E-state index contributed by atoms with van der Waals surface area (Å²) in [6.45, 7) is 8.93. The van der Waals surface area contributed by atoms with Crippen molar-refractivity contribution in [3.8, 4) is 0 Å². The van der Waals surface area contributed by atoms with Crippen molar-refractivity contribution < 1.29 is 4.79 Å². The number of aryl methyl sites for hydroxylation is 2. The van der Waals surface area contributed by atoms with Gasteiger partial charge in [0, 0.05) is 28.1 Å². The second kappa shape index (κ2) is 9.20. The van der Waals surface area contributed by atoms with E-state index in [0.717, 1.165) is 21.3 Å². The average Bonchev–Trinajstić information content (AvgIpc) is 3.16. The number of nitrogens with zero attached hydrogens (tertiary/aromatic N) is 3. The van der Waals surface area contributed by atoms with Crippen LogP contribution in [0.5, 0.6) is 0 Å². The molecule has 0 spiro atoms. The van der Waals surface area contributed by atoms with E-state index in [1.165, 1.54) is 10.5 Å². The Hall–Kier alpha value is -2.70. The molecule has 0 unspecified atom stereocenters. The lowest BCUT2D eigenvalue weighted by Gasteiger charge is -2.20. The van der Waals surface area contributed by atoms with Gasteiger partial charge < -0.3 is 0 Å². The van der Waals surface area contributed by atoms with E-state index < -0.39 is 0 Å². The maximum atomic E-state index is 13.6. The van der Waals surface area contributed by atoms with Crippen molar-refractivity contribution >= 4 is 44.4 Å². The zero-order valence-electron chi connectivity index (χ0n) is 18.1. The molecule has 2 heterocycles. The van der Waals surface area contributed by atoms with E-state index in [4.69, 9.17) is 4.98 Å². The minimum atomic E-state index is -0.0497. The van der Waals surface area contributed by atoms with Gasteiger partial charge in [-0.1, -0.05) is 31.3 Å². The Balaban J connectivity index is 1.72. The lowest BCUT2D eigenvalue weighted by atomic mass is 10.1. The summed E-state index contributed by atoms with van der Waals surface area (Å²) in [5.41, 5.74) is 4.97. The van der Waals surface area contributed by atoms with Crippen LogP contribution < -0.4 is 4.90 Å². The van der Waals surface area contributed by atoms with Gasteiger partial charge in [-0.3, -0.25) is 14.7 Å². The van der Waals surface area contributed by atoms with Gasteiger partial charge in [-0.15, -0.1) is 11.8 Å². The van der Waals surface area contributed by atoms with Gasteiger partial charge in [0.05, 0.1) is 16.8 Å². The van der Waals surface area contributed by atoms with E-state index >= 15 is 0 Å². The summed E-state index contributed by atoms with van der Waals surface area (Å²) in [4.78, 5) is 25.5. The van der Waals surface area contributed by atoms with E-state index in [1.807, 2.05) is 36.4 Å². The Bertz CT molecular complexity index is 1200. The molecule has 0 bridgehead atoms. The van der Waals surface area contributed by atoms with Gasteiger partial charge in [-0.2, -0.15) is 0 Å². The standard InChI is InChI=1S/C25H25N3OS2/c1-16(2)30-21-7-5-20(6-8-21)24(29)28(15-19-9-11-26-12-10-19)25-27-23-18(4)13-17(3)14-22(23)31-25/h5-14,16H,15H2,1-4H3. The number of aromatic nitrogens is 2. The minimum absolute atomic E-state index is 0.0497. The first kappa shape index (κ1) is 21.5. The topological polar surface area (TPSA) is 46.1 Å². The van der Waals surface area contributed by atoms with Crippen molar-refractivity contribution in [1.82, 2.24) is 9.97 Å². The zero-order chi connectivity index (χ0) is 22.0. The number of anilines is 1. The van der Waals surface area contributed by atoms with Crippen molar-refractivity contribution in [3.63, 3.8) is 0 Å². The molecule has 4 aromatic rings. The van der Waals surface area contributed by atoms with Gasteiger partial charge in [0.15, 0.2) is 5.13 Å². The Morgan fingerprint density at radius 2 is 1.77 bits per heavy atom. The third-order valence-corrected chi connectivity index (χ3v) is 6.90. The van der Waals surface area contributed by atoms with Crippen LogP contribution in [0, 0.1) is 13.8 Å². The molecule has 0 saturated heterocycles. The molecule has 31 heavy (non-hydrogen) atoms. The molecule has 0 N–H and O–H groups in total. The van der Waals surface area contributed by atoms with Crippen LogP contribution in [0.15, 0.2) is 65.8 Å². The molecule has 6 heteroatoms. The minimum Gasteiger partial charge on any atom is -0.279 e. The zero-order valence-corrected chi connectivity index (χ0v) is 19.8.